The van der Waals surface area contributed by atoms with Gasteiger partial charge in [0.2, 0.25) is 0 Å². The van der Waals surface area contributed by atoms with Crippen molar-refractivity contribution >= 4 is 34.5 Å². The van der Waals surface area contributed by atoms with E-state index in [0.717, 1.165) is 11.3 Å². The van der Waals surface area contributed by atoms with Crippen molar-refractivity contribution in [2.75, 3.05) is 6.61 Å². The Hall–Kier alpha value is -2.73. The minimum Gasteiger partial charge on any atom is -0.506 e. The molecule has 0 unspecified atom stereocenters. The number of hydrogen-bond donors (Lipinski definition) is 1. The lowest BCUT2D eigenvalue weighted by molar-refractivity contribution is -0.138. The molecule has 2 aromatic rings. The number of aliphatic hydroxyl groups excluding tert-OH is 1. The summed E-state index contributed by atoms with van der Waals surface area (Å²) in [6, 6.07) is 12.1. The molecule has 1 N–H and O–H groups in total. The molecule has 31 heavy (non-hydrogen) atoms. The van der Waals surface area contributed by atoms with E-state index in [0.29, 0.717) is 16.0 Å². The van der Waals surface area contributed by atoms with Gasteiger partial charge in [-0.15, -0.1) is 0 Å². The molecule has 2 aliphatic rings. The van der Waals surface area contributed by atoms with Gasteiger partial charge < -0.3 is 14.4 Å². The van der Waals surface area contributed by atoms with Crippen LogP contribution in [0.25, 0.3) is 6.08 Å². The van der Waals surface area contributed by atoms with Crippen LogP contribution in [0.1, 0.15) is 55.6 Å². The average molecular weight is 437 g/mol. The van der Waals surface area contributed by atoms with E-state index in [-0.39, 0.29) is 17.9 Å². The predicted molar refractivity (Wildman–Crippen MR) is 127 cm³/mol. The number of carbonyl (C=O) groups is 1. The molecule has 5 nitrogen and oxygen atoms in total. The Morgan fingerprint density at radius 2 is 1.97 bits per heavy atom. The van der Waals surface area contributed by atoms with Gasteiger partial charge in [-0.1, -0.05) is 42.8 Å². The molecule has 2 heterocycles. The molecule has 1 aliphatic carbocycles. The maximum atomic E-state index is 12.6. The molecule has 1 aromatic heterocycles. The zero-order chi connectivity index (χ0) is 22.0. The zero-order valence-corrected chi connectivity index (χ0v) is 19.0. The van der Waals surface area contributed by atoms with E-state index in [9.17, 15) is 9.90 Å². The summed E-state index contributed by atoms with van der Waals surface area (Å²) in [5, 5.41) is 11.4. The van der Waals surface area contributed by atoms with Crippen molar-refractivity contribution in [1.82, 2.24) is 4.57 Å². The summed E-state index contributed by atoms with van der Waals surface area (Å²) in [6.45, 7) is 6.25. The van der Waals surface area contributed by atoms with E-state index in [4.69, 9.17) is 4.74 Å². The normalized spacial score (nSPS) is 19.7. The number of esters is 1. The van der Waals surface area contributed by atoms with Crippen molar-refractivity contribution < 1.29 is 14.6 Å². The molecule has 1 fully saturated rings. The van der Waals surface area contributed by atoms with Gasteiger partial charge >= 0.3 is 5.97 Å². The first kappa shape index (κ1) is 21.5. The maximum Gasteiger partial charge on any atom is 0.344 e. The molecule has 1 aromatic carbocycles. The molecule has 162 valence electrons. The molecule has 4 rings (SSSR count). The van der Waals surface area contributed by atoms with Gasteiger partial charge in [0.15, 0.2) is 0 Å². The first-order valence-corrected chi connectivity index (χ1v) is 11.6. The van der Waals surface area contributed by atoms with Crippen LogP contribution in [0.5, 0.6) is 0 Å². The Bertz CT molecular complexity index is 1070. The van der Waals surface area contributed by atoms with Crippen LogP contribution in [0.15, 0.2) is 57.6 Å². The van der Waals surface area contributed by atoms with Crippen LogP contribution < -0.4 is 0 Å². The lowest BCUT2D eigenvalue weighted by atomic mass is 10.1. The van der Waals surface area contributed by atoms with Crippen LogP contribution >= 0.6 is 11.8 Å². The number of aliphatic imine (C=N–C) groups is 1. The summed E-state index contributed by atoms with van der Waals surface area (Å²) in [7, 11) is 0. The van der Waals surface area contributed by atoms with E-state index < -0.39 is 5.97 Å². The van der Waals surface area contributed by atoms with Crippen molar-refractivity contribution in [3.8, 4) is 0 Å². The zero-order valence-electron chi connectivity index (χ0n) is 18.2. The molecule has 0 radical (unpaired) electrons. The first-order chi connectivity index (χ1) is 15.0. The van der Waals surface area contributed by atoms with Crippen LogP contribution in [-0.4, -0.2) is 27.3 Å². The Morgan fingerprint density at radius 3 is 2.65 bits per heavy atom. The minimum atomic E-state index is -0.554. The highest BCUT2D eigenvalue weighted by molar-refractivity contribution is 8.18. The highest BCUT2D eigenvalue weighted by Crippen LogP contribution is 2.41. The summed E-state index contributed by atoms with van der Waals surface area (Å²) in [5.74, 6) is -0.620. The highest BCUT2D eigenvalue weighted by atomic mass is 32.2. The maximum absolute atomic E-state index is 12.6. The van der Waals surface area contributed by atoms with Gasteiger partial charge in [-0.3, -0.25) is 0 Å². The Labute approximate surface area is 187 Å². The standard InChI is InChI=1S/C25H28N2O3S/c1-4-30-25(29)22-23(28)21(31-24(22)26-19-10-6-5-7-11-19)15-18-14-16(2)27(17(18)3)20-12-8-9-13-20/h5-7,10-11,14-15,20,28H,4,8-9,12-13H2,1-3H3/b21-15-,26-24?. The van der Waals surface area contributed by atoms with Crippen LogP contribution in [-0.2, 0) is 9.53 Å². The number of rotatable bonds is 5. The third-order valence-corrected chi connectivity index (χ3v) is 6.88. The predicted octanol–water partition coefficient (Wildman–Crippen LogP) is 6.41. The number of aryl methyl sites for hydroxylation is 1. The van der Waals surface area contributed by atoms with E-state index in [2.05, 4.69) is 29.5 Å². The van der Waals surface area contributed by atoms with Crippen LogP contribution in [0, 0.1) is 13.8 Å². The first-order valence-electron chi connectivity index (χ1n) is 10.8. The number of nitrogens with zero attached hydrogens (tertiary/aromatic N) is 2. The Morgan fingerprint density at radius 1 is 1.26 bits per heavy atom. The molecular formula is C25H28N2O3S. The van der Waals surface area contributed by atoms with E-state index in [1.165, 1.54) is 48.8 Å². The highest BCUT2D eigenvalue weighted by Gasteiger charge is 2.33. The lowest BCUT2D eigenvalue weighted by Gasteiger charge is -2.17. The number of thioether (sulfide) groups is 1. The fourth-order valence-corrected chi connectivity index (χ4v) is 5.45. The molecule has 0 saturated heterocycles. The van der Waals surface area contributed by atoms with Crippen molar-refractivity contribution in [2.24, 2.45) is 4.99 Å². The van der Waals surface area contributed by atoms with Gasteiger partial charge in [-0.05, 0) is 63.5 Å². The number of aliphatic hydroxyl groups is 1. The van der Waals surface area contributed by atoms with Crippen LogP contribution in [0.3, 0.4) is 0 Å². The Balaban J connectivity index is 1.73. The fourth-order valence-electron chi connectivity index (χ4n) is 4.43. The van der Waals surface area contributed by atoms with Crippen molar-refractivity contribution in [2.45, 2.75) is 52.5 Å². The van der Waals surface area contributed by atoms with Gasteiger partial charge in [0, 0.05) is 17.4 Å². The number of para-hydroxylation sites is 1. The lowest BCUT2D eigenvalue weighted by Crippen LogP contribution is -2.12. The second-order valence-corrected chi connectivity index (χ2v) is 8.97. The van der Waals surface area contributed by atoms with Crippen LogP contribution in [0.4, 0.5) is 5.69 Å². The molecule has 0 spiro atoms. The summed E-state index contributed by atoms with van der Waals surface area (Å²) in [6.07, 6.45) is 6.94. The van der Waals surface area contributed by atoms with Gasteiger partial charge in [0.25, 0.3) is 0 Å². The van der Waals surface area contributed by atoms with Crippen LogP contribution in [0.2, 0.25) is 0 Å². The van der Waals surface area contributed by atoms with Gasteiger partial charge in [0.1, 0.15) is 16.4 Å². The average Bonchev–Trinajstić information content (AvgIpc) is 3.43. The number of hydrogen-bond acceptors (Lipinski definition) is 5. The van der Waals surface area contributed by atoms with Crippen molar-refractivity contribution in [3.05, 3.63) is 69.6 Å². The van der Waals surface area contributed by atoms with Gasteiger partial charge in [0.05, 0.1) is 17.2 Å². The van der Waals surface area contributed by atoms with Gasteiger partial charge in [-0.2, -0.15) is 0 Å². The summed E-state index contributed by atoms with van der Waals surface area (Å²) < 4.78 is 7.62. The SMILES string of the molecule is CCOC(=O)C1=C(O)/C(=C/c2cc(C)n(C3CCCC3)c2C)SC1=Nc1ccccc1. The molecule has 0 bridgehead atoms. The summed E-state index contributed by atoms with van der Waals surface area (Å²) in [4.78, 5) is 17.8. The molecule has 6 heteroatoms. The van der Waals surface area contributed by atoms with Gasteiger partial charge in [-0.25, -0.2) is 9.79 Å². The summed E-state index contributed by atoms with van der Waals surface area (Å²) in [5.41, 5.74) is 4.33. The van der Waals surface area contributed by atoms with Crippen molar-refractivity contribution in [3.63, 3.8) is 0 Å². The third-order valence-electron chi connectivity index (χ3n) is 5.86. The monoisotopic (exact) mass is 436 g/mol. The summed E-state index contributed by atoms with van der Waals surface area (Å²) >= 11 is 1.30. The fraction of sp³-hybridized carbons (Fsp3) is 0.360. The molecular weight excluding hydrogens is 408 g/mol. The number of ether oxygens (including phenoxy) is 1. The van der Waals surface area contributed by atoms with E-state index >= 15 is 0 Å². The van der Waals surface area contributed by atoms with E-state index in [1.807, 2.05) is 36.4 Å². The number of aromatic nitrogens is 1. The largest absolute Gasteiger partial charge is 0.506 e. The number of carbonyl (C=O) groups excluding carboxylic acids is 1. The molecule has 0 atom stereocenters. The second kappa shape index (κ2) is 9.18. The Kier molecular flexibility index (Phi) is 6.37. The van der Waals surface area contributed by atoms with E-state index in [1.54, 1.807) is 6.92 Å². The minimum absolute atomic E-state index is 0.0659. The molecule has 1 aliphatic heterocycles. The molecule has 1 saturated carbocycles. The quantitative estimate of drug-likeness (QED) is 0.550. The molecule has 0 amide bonds. The van der Waals surface area contributed by atoms with Crippen molar-refractivity contribution in [1.29, 1.82) is 0 Å². The third kappa shape index (κ3) is 4.35. The number of benzene rings is 1. The second-order valence-electron chi connectivity index (χ2n) is 7.94. The smallest absolute Gasteiger partial charge is 0.344 e. The topological polar surface area (TPSA) is 63.8 Å².